The van der Waals surface area contributed by atoms with Gasteiger partial charge in [-0.05, 0) is 18.2 Å². The Labute approximate surface area is 125 Å². The van der Waals surface area contributed by atoms with Crippen molar-refractivity contribution in [2.24, 2.45) is 0 Å². The number of nitrogens with zero attached hydrogens (tertiary/aromatic N) is 2. The van der Waals surface area contributed by atoms with Crippen LogP contribution in [-0.4, -0.2) is 36.6 Å². The van der Waals surface area contributed by atoms with Crippen LogP contribution in [0.15, 0.2) is 48.7 Å². The molecule has 1 aliphatic rings. The van der Waals surface area contributed by atoms with Gasteiger partial charge in [0.25, 0.3) is 0 Å². The van der Waals surface area contributed by atoms with Crippen LogP contribution < -0.4 is 10.1 Å². The van der Waals surface area contributed by atoms with E-state index in [1.807, 2.05) is 30.5 Å². The highest BCUT2D eigenvalue weighted by atomic mass is 16.5. The average molecular weight is 283 g/mol. The lowest BCUT2D eigenvalue weighted by Gasteiger charge is -2.36. The molecule has 0 amide bonds. The van der Waals surface area contributed by atoms with Crippen molar-refractivity contribution in [1.29, 1.82) is 0 Å². The molecular weight excluding hydrogens is 262 g/mol. The van der Waals surface area contributed by atoms with Crippen molar-refractivity contribution < 1.29 is 4.74 Å². The fourth-order valence-electron chi connectivity index (χ4n) is 2.88. The van der Waals surface area contributed by atoms with E-state index in [2.05, 4.69) is 33.4 Å². The van der Waals surface area contributed by atoms with Crippen LogP contribution in [0.25, 0.3) is 0 Å². The van der Waals surface area contributed by atoms with E-state index in [9.17, 15) is 0 Å². The number of piperazine rings is 1. The van der Waals surface area contributed by atoms with E-state index in [0.29, 0.717) is 6.04 Å². The molecule has 1 atom stereocenters. The number of aromatic nitrogens is 1. The Kier molecular flexibility index (Phi) is 4.48. The number of hydrogen-bond acceptors (Lipinski definition) is 4. The third kappa shape index (κ3) is 3.23. The van der Waals surface area contributed by atoms with E-state index in [4.69, 9.17) is 4.74 Å². The highest BCUT2D eigenvalue weighted by molar-refractivity contribution is 5.36. The number of methoxy groups -OCH3 is 1. The summed E-state index contributed by atoms with van der Waals surface area (Å²) < 4.78 is 5.53. The second kappa shape index (κ2) is 6.70. The van der Waals surface area contributed by atoms with E-state index in [0.717, 1.165) is 37.6 Å². The first-order valence-electron chi connectivity index (χ1n) is 7.36. The Balaban J connectivity index is 1.84. The van der Waals surface area contributed by atoms with Gasteiger partial charge in [0.1, 0.15) is 5.75 Å². The standard InChI is InChI=1S/C17H21N3O/c1-21-17-8-3-2-7-15(17)16-12-18-10-11-20(16)13-14-6-4-5-9-19-14/h2-9,16,18H,10-13H2,1H3/t16-/m0/s1. The molecule has 21 heavy (non-hydrogen) atoms. The first-order chi connectivity index (χ1) is 10.4. The molecule has 4 nitrogen and oxygen atoms in total. The molecule has 1 fully saturated rings. The van der Waals surface area contributed by atoms with Crippen LogP contribution in [0.5, 0.6) is 5.75 Å². The molecule has 1 aliphatic heterocycles. The molecule has 0 radical (unpaired) electrons. The summed E-state index contributed by atoms with van der Waals surface area (Å²) in [7, 11) is 1.73. The van der Waals surface area contributed by atoms with E-state index in [-0.39, 0.29) is 0 Å². The first kappa shape index (κ1) is 14.0. The van der Waals surface area contributed by atoms with Crippen LogP contribution >= 0.6 is 0 Å². The van der Waals surface area contributed by atoms with Crippen molar-refractivity contribution in [2.75, 3.05) is 26.7 Å². The Hall–Kier alpha value is -1.91. The Morgan fingerprint density at radius 2 is 2.10 bits per heavy atom. The summed E-state index contributed by atoms with van der Waals surface area (Å²) >= 11 is 0. The maximum absolute atomic E-state index is 5.53. The van der Waals surface area contributed by atoms with Gasteiger partial charge in [-0.1, -0.05) is 24.3 Å². The molecule has 1 saturated heterocycles. The molecule has 1 aromatic carbocycles. The van der Waals surface area contributed by atoms with Crippen molar-refractivity contribution in [3.05, 3.63) is 59.9 Å². The minimum atomic E-state index is 0.317. The van der Waals surface area contributed by atoms with Gasteiger partial charge in [-0.2, -0.15) is 0 Å². The number of benzene rings is 1. The lowest BCUT2D eigenvalue weighted by molar-refractivity contribution is 0.149. The first-order valence-corrected chi connectivity index (χ1v) is 7.36. The van der Waals surface area contributed by atoms with E-state index in [1.54, 1.807) is 7.11 Å². The predicted octanol–water partition coefficient (Wildman–Crippen LogP) is 2.24. The van der Waals surface area contributed by atoms with Crippen molar-refractivity contribution in [1.82, 2.24) is 15.2 Å². The number of para-hydroxylation sites is 1. The molecule has 110 valence electrons. The number of ether oxygens (including phenoxy) is 1. The molecule has 0 aliphatic carbocycles. The van der Waals surface area contributed by atoms with Gasteiger partial charge in [0, 0.05) is 37.9 Å². The third-order valence-electron chi connectivity index (χ3n) is 3.94. The van der Waals surface area contributed by atoms with Crippen LogP contribution in [0.4, 0.5) is 0 Å². The number of nitrogens with one attached hydrogen (secondary N) is 1. The fraction of sp³-hybridized carbons (Fsp3) is 0.353. The van der Waals surface area contributed by atoms with Crippen LogP contribution in [0.2, 0.25) is 0 Å². The summed E-state index contributed by atoms with van der Waals surface area (Å²) in [6.07, 6.45) is 1.86. The largest absolute Gasteiger partial charge is 0.496 e. The quantitative estimate of drug-likeness (QED) is 0.934. The van der Waals surface area contributed by atoms with Gasteiger partial charge in [-0.25, -0.2) is 0 Å². The Bertz CT molecular complexity index is 573. The molecule has 0 unspecified atom stereocenters. The SMILES string of the molecule is COc1ccccc1[C@@H]1CNCCN1Cc1ccccn1. The predicted molar refractivity (Wildman–Crippen MR) is 83.3 cm³/mol. The zero-order valence-electron chi connectivity index (χ0n) is 12.3. The van der Waals surface area contributed by atoms with Crippen molar-refractivity contribution >= 4 is 0 Å². The van der Waals surface area contributed by atoms with Gasteiger partial charge in [0.2, 0.25) is 0 Å². The maximum atomic E-state index is 5.53. The summed E-state index contributed by atoms with van der Waals surface area (Å²) in [4.78, 5) is 6.92. The zero-order chi connectivity index (χ0) is 14.5. The van der Waals surface area contributed by atoms with Gasteiger partial charge < -0.3 is 10.1 Å². The fourth-order valence-corrected chi connectivity index (χ4v) is 2.88. The lowest BCUT2D eigenvalue weighted by atomic mass is 10.0. The summed E-state index contributed by atoms with van der Waals surface area (Å²) in [5, 5.41) is 3.48. The van der Waals surface area contributed by atoms with Crippen molar-refractivity contribution in [2.45, 2.75) is 12.6 Å². The molecule has 2 aromatic rings. The second-order valence-electron chi connectivity index (χ2n) is 5.25. The zero-order valence-corrected chi connectivity index (χ0v) is 12.3. The number of pyridine rings is 1. The number of rotatable bonds is 4. The molecule has 3 rings (SSSR count). The third-order valence-corrected chi connectivity index (χ3v) is 3.94. The smallest absolute Gasteiger partial charge is 0.123 e. The lowest BCUT2D eigenvalue weighted by Crippen LogP contribution is -2.45. The van der Waals surface area contributed by atoms with Gasteiger partial charge in [0.05, 0.1) is 18.8 Å². The van der Waals surface area contributed by atoms with Gasteiger partial charge >= 0.3 is 0 Å². The van der Waals surface area contributed by atoms with E-state index in [1.165, 1.54) is 5.56 Å². The van der Waals surface area contributed by atoms with Crippen LogP contribution in [-0.2, 0) is 6.54 Å². The molecule has 2 heterocycles. The van der Waals surface area contributed by atoms with Gasteiger partial charge in [-0.15, -0.1) is 0 Å². The van der Waals surface area contributed by atoms with Gasteiger partial charge in [0.15, 0.2) is 0 Å². The highest BCUT2D eigenvalue weighted by Gasteiger charge is 2.26. The second-order valence-corrected chi connectivity index (χ2v) is 5.25. The molecule has 1 N–H and O–H groups in total. The van der Waals surface area contributed by atoms with Crippen LogP contribution in [0.1, 0.15) is 17.3 Å². The van der Waals surface area contributed by atoms with E-state index < -0.39 is 0 Å². The summed E-state index contributed by atoms with van der Waals surface area (Å²) in [5.74, 6) is 0.956. The van der Waals surface area contributed by atoms with Crippen LogP contribution in [0, 0.1) is 0 Å². The molecule has 0 saturated carbocycles. The minimum absolute atomic E-state index is 0.317. The highest BCUT2D eigenvalue weighted by Crippen LogP contribution is 2.30. The Morgan fingerprint density at radius 1 is 1.24 bits per heavy atom. The van der Waals surface area contributed by atoms with Crippen LogP contribution in [0.3, 0.4) is 0 Å². The monoisotopic (exact) mass is 283 g/mol. The van der Waals surface area contributed by atoms with Crippen molar-refractivity contribution in [3.8, 4) is 5.75 Å². The average Bonchev–Trinajstić information content (AvgIpc) is 2.56. The molecule has 0 spiro atoms. The normalized spacial score (nSPS) is 19.4. The molecule has 0 bridgehead atoms. The maximum Gasteiger partial charge on any atom is 0.123 e. The summed E-state index contributed by atoms with van der Waals surface area (Å²) in [5.41, 5.74) is 2.35. The number of hydrogen-bond donors (Lipinski definition) is 1. The van der Waals surface area contributed by atoms with E-state index >= 15 is 0 Å². The minimum Gasteiger partial charge on any atom is -0.496 e. The molecular formula is C17H21N3O. The molecule has 1 aromatic heterocycles. The van der Waals surface area contributed by atoms with Gasteiger partial charge in [-0.3, -0.25) is 9.88 Å². The van der Waals surface area contributed by atoms with Crippen molar-refractivity contribution in [3.63, 3.8) is 0 Å². The topological polar surface area (TPSA) is 37.4 Å². The Morgan fingerprint density at radius 3 is 2.90 bits per heavy atom. The molecule has 4 heteroatoms. The summed E-state index contributed by atoms with van der Waals surface area (Å²) in [6.45, 7) is 3.83. The summed E-state index contributed by atoms with van der Waals surface area (Å²) in [6, 6.07) is 14.7.